The molecule has 1 aliphatic heterocycles. The highest BCUT2D eigenvalue weighted by Gasteiger charge is 2.26. The Morgan fingerprint density at radius 3 is 2.60 bits per heavy atom. The summed E-state index contributed by atoms with van der Waals surface area (Å²) in [6.07, 6.45) is 0. The second kappa shape index (κ2) is 9.34. The van der Waals surface area contributed by atoms with Crippen molar-refractivity contribution in [3.8, 4) is 5.75 Å². The van der Waals surface area contributed by atoms with Crippen LogP contribution in [0.2, 0.25) is 0 Å². The van der Waals surface area contributed by atoms with E-state index < -0.39 is 14.9 Å². The Morgan fingerprint density at radius 1 is 1.20 bits per heavy atom. The SMILES string of the molecule is COc1cc([N+](=O)[O-])ccc1NC(=S)Nc1cccc(S(=O)(=O)N2CCOCC2)c1. The summed E-state index contributed by atoms with van der Waals surface area (Å²) in [7, 11) is -2.25. The number of non-ortho nitro benzene ring substituents is 1. The van der Waals surface area contributed by atoms with Crippen LogP contribution in [-0.4, -0.2) is 56.2 Å². The minimum atomic E-state index is -3.64. The molecule has 2 aromatic carbocycles. The van der Waals surface area contributed by atoms with Crippen LogP contribution < -0.4 is 15.4 Å². The molecule has 160 valence electrons. The molecule has 0 atom stereocenters. The van der Waals surface area contributed by atoms with E-state index in [1.807, 2.05) is 0 Å². The number of hydrogen-bond donors (Lipinski definition) is 2. The van der Waals surface area contributed by atoms with E-state index in [2.05, 4.69) is 10.6 Å². The van der Waals surface area contributed by atoms with Gasteiger partial charge in [0, 0.05) is 24.8 Å². The lowest BCUT2D eigenvalue weighted by Gasteiger charge is -2.26. The predicted molar refractivity (Wildman–Crippen MR) is 116 cm³/mol. The molecule has 1 saturated heterocycles. The first-order valence-corrected chi connectivity index (χ1v) is 10.7. The van der Waals surface area contributed by atoms with Crippen molar-refractivity contribution in [2.45, 2.75) is 4.90 Å². The van der Waals surface area contributed by atoms with E-state index in [1.165, 1.54) is 41.7 Å². The zero-order valence-electron chi connectivity index (χ0n) is 16.0. The fraction of sp³-hybridized carbons (Fsp3) is 0.278. The summed E-state index contributed by atoms with van der Waals surface area (Å²) in [5.74, 6) is 0.247. The van der Waals surface area contributed by atoms with Crippen LogP contribution >= 0.6 is 12.2 Å². The number of methoxy groups -OCH3 is 1. The third-order valence-corrected chi connectivity index (χ3v) is 6.44. The minimum absolute atomic E-state index is 0.114. The van der Waals surface area contributed by atoms with Crippen molar-refractivity contribution < 1.29 is 22.8 Å². The number of rotatable bonds is 6. The van der Waals surface area contributed by atoms with E-state index in [9.17, 15) is 18.5 Å². The first-order valence-electron chi connectivity index (χ1n) is 8.89. The van der Waals surface area contributed by atoms with Crippen molar-refractivity contribution >= 4 is 44.4 Å². The van der Waals surface area contributed by atoms with Gasteiger partial charge >= 0.3 is 0 Å². The van der Waals surface area contributed by atoms with Crippen LogP contribution in [0, 0.1) is 10.1 Å². The van der Waals surface area contributed by atoms with Crippen LogP contribution in [0.25, 0.3) is 0 Å². The molecule has 1 heterocycles. The van der Waals surface area contributed by atoms with Crippen LogP contribution in [-0.2, 0) is 14.8 Å². The van der Waals surface area contributed by atoms with Gasteiger partial charge in [0.05, 0.1) is 41.9 Å². The van der Waals surface area contributed by atoms with Gasteiger partial charge in [-0.1, -0.05) is 6.07 Å². The van der Waals surface area contributed by atoms with Gasteiger partial charge in [-0.15, -0.1) is 0 Å². The number of ether oxygens (including phenoxy) is 2. The van der Waals surface area contributed by atoms with Gasteiger partial charge in [-0.2, -0.15) is 4.31 Å². The smallest absolute Gasteiger partial charge is 0.273 e. The van der Waals surface area contributed by atoms with Crippen molar-refractivity contribution in [3.05, 3.63) is 52.6 Å². The third kappa shape index (κ3) is 5.02. The maximum absolute atomic E-state index is 12.8. The molecule has 0 bridgehead atoms. The highest BCUT2D eigenvalue weighted by atomic mass is 32.2. The molecule has 1 aliphatic rings. The summed E-state index contributed by atoms with van der Waals surface area (Å²) in [5, 5.41) is 16.9. The number of benzene rings is 2. The van der Waals surface area contributed by atoms with Gasteiger partial charge in [-0.25, -0.2) is 8.42 Å². The van der Waals surface area contributed by atoms with Crippen LogP contribution in [0.4, 0.5) is 17.1 Å². The lowest BCUT2D eigenvalue weighted by molar-refractivity contribution is -0.384. The summed E-state index contributed by atoms with van der Waals surface area (Å²) < 4.78 is 37.4. The number of anilines is 2. The monoisotopic (exact) mass is 452 g/mol. The van der Waals surface area contributed by atoms with E-state index in [0.717, 1.165) is 0 Å². The van der Waals surface area contributed by atoms with E-state index in [0.29, 0.717) is 37.7 Å². The Morgan fingerprint density at radius 2 is 1.93 bits per heavy atom. The fourth-order valence-electron chi connectivity index (χ4n) is 2.85. The van der Waals surface area contributed by atoms with Crippen LogP contribution in [0.1, 0.15) is 0 Å². The van der Waals surface area contributed by atoms with Crippen molar-refractivity contribution in [1.29, 1.82) is 0 Å². The van der Waals surface area contributed by atoms with E-state index in [-0.39, 0.29) is 21.4 Å². The maximum Gasteiger partial charge on any atom is 0.273 e. The molecule has 0 aliphatic carbocycles. The summed E-state index contributed by atoms with van der Waals surface area (Å²) in [4.78, 5) is 10.5. The summed E-state index contributed by atoms with van der Waals surface area (Å²) >= 11 is 5.28. The van der Waals surface area contributed by atoms with Gasteiger partial charge in [0.2, 0.25) is 10.0 Å². The number of sulfonamides is 1. The number of hydrogen-bond acceptors (Lipinski definition) is 7. The van der Waals surface area contributed by atoms with Crippen molar-refractivity contribution in [1.82, 2.24) is 4.31 Å². The number of nitro groups is 1. The number of nitrogens with zero attached hydrogens (tertiary/aromatic N) is 2. The Bertz CT molecular complexity index is 1050. The average Bonchev–Trinajstić information content (AvgIpc) is 2.74. The Kier molecular flexibility index (Phi) is 6.82. The van der Waals surface area contributed by atoms with E-state index in [4.69, 9.17) is 21.7 Å². The Hall–Kier alpha value is -2.80. The highest BCUT2D eigenvalue weighted by molar-refractivity contribution is 7.89. The van der Waals surface area contributed by atoms with Crippen LogP contribution in [0.5, 0.6) is 5.75 Å². The maximum atomic E-state index is 12.8. The Labute approximate surface area is 179 Å². The molecule has 0 aromatic heterocycles. The molecule has 1 fully saturated rings. The summed E-state index contributed by atoms with van der Waals surface area (Å²) in [6, 6.07) is 10.4. The highest BCUT2D eigenvalue weighted by Crippen LogP contribution is 2.29. The molecule has 2 N–H and O–H groups in total. The lowest BCUT2D eigenvalue weighted by atomic mass is 10.2. The third-order valence-electron chi connectivity index (χ3n) is 4.34. The molecule has 0 radical (unpaired) electrons. The molecule has 3 rings (SSSR count). The molecular weight excluding hydrogens is 432 g/mol. The van der Waals surface area contributed by atoms with Gasteiger partial charge in [0.15, 0.2) is 5.11 Å². The average molecular weight is 453 g/mol. The van der Waals surface area contributed by atoms with Crippen molar-refractivity contribution in [2.75, 3.05) is 44.0 Å². The largest absolute Gasteiger partial charge is 0.494 e. The number of thiocarbonyl (C=S) groups is 1. The molecule has 0 unspecified atom stereocenters. The number of morpholine rings is 1. The fourth-order valence-corrected chi connectivity index (χ4v) is 4.53. The normalized spacial score (nSPS) is 14.7. The predicted octanol–water partition coefficient (Wildman–Crippen LogP) is 2.43. The minimum Gasteiger partial charge on any atom is -0.494 e. The Balaban J connectivity index is 1.73. The zero-order valence-corrected chi connectivity index (χ0v) is 17.7. The lowest BCUT2D eigenvalue weighted by Crippen LogP contribution is -2.40. The summed E-state index contributed by atoms with van der Waals surface area (Å²) in [5.41, 5.74) is 0.790. The molecule has 30 heavy (non-hydrogen) atoms. The zero-order chi connectivity index (χ0) is 21.7. The molecule has 0 spiro atoms. The first kappa shape index (κ1) is 21.9. The topological polar surface area (TPSA) is 123 Å². The molecular formula is C18H20N4O6S2. The van der Waals surface area contributed by atoms with Gasteiger partial charge < -0.3 is 20.1 Å². The quantitative estimate of drug-likeness (QED) is 0.386. The van der Waals surface area contributed by atoms with Crippen molar-refractivity contribution in [3.63, 3.8) is 0 Å². The number of nitro benzene ring substituents is 1. The van der Waals surface area contributed by atoms with Gasteiger partial charge in [-0.05, 0) is 36.5 Å². The van der Waals surface area contributed by atoms with Gasteiger partial charge in [0.1, 0.15) is 5.75 Å². The molecule has 2 aromatic rings. The molecule has 0 amide bonds. The van der Waals surface area contributed by atoms with Gasteiger partial charge in [-0.3, -0.25) is 10.1 Å². The van der Waals surface area contributed by atoms with Crippen molar-refractivity contribution in [2.24, 2.45) is 0 Å². The summed E-state index contributed by atoms with van der Waals surface area (Å²) in [6.45, 7) is 1.34. The van der Waals surface area contributed by atoms with Crippen LogP contribution in [0.15, 0.2) is 47.4 Å². The van der Waals surface area contributed by atoms with E-state index in [1.54, 1.807) is 12.1 Å². The molecule has 0 saturated carbocycles. The van der Waals surface area contributed by atoms with E-state index >= 15 is 0 Å². The van der Waals surface area contributed by atoms with Gasteiger partial charge in [0.25, 0.3) is 5.69 Å². The standard InChI is InChI=1S/C18H20N4O6S2/c1-27-17-12-14(22(23)24)5-6-16(17)20-18(29)19-13-3-2-4-15(11-13)30(25,26)21-7-9-28-10-8-21/h2-6,11-12H,7-10H2,1H3,(H2,19,20,29). The second-order valence-corrected chi connectivity index (χ2v) is 8.61. The van der Waals surface area contributed by atoms with Crippen LogP contribution in [0.3, 0.4) is 0 Å². The number of nitrogens with one attached hydrogen (secondary N) is 2. The second-order valence-electron chi connectivity index (χ2n) is 6.27. The first-order chi connectivity index (χ1) is 14.3. The molecule has 12 heteroatoms. The molecule has 10 nitrogen and oxygen atoms in total.